The van der Waals surface area contributed by atoms with E-state index in [0.717, 1.165) is 39.0 Å². The third kappa shape index (κ3) is 4.05. The molecule has 0 amide bonds. The summed E-state index contributed by atoms with van der Waals surface area (Å²) in [5.74, 6) is 0. The number of nitrogens with one attached hydrogen (secondary N) is 1. The predicted octanol–water partition coefficient (Wildman–Crippen LogP) is 2.59. The lowest BCUT2D eigenvalue weighted by Gasteiger charge is -2.20. The van der Waals surface area contributed by atoms with E-state index in [0.29, 0.717) is 6.04 Å². The largest absolute Gasteiger partial charge is 0.350 e. The number of hydrogen-bond acceptors (Lipinski definition) is 4. The van der Waals surface area contributed by atoms with Crippen LogP contribution in [0.25, 0.3) is 0 Å². The van der Waals surface area contributed by atoms with E-state index in [9.17, 15) is 0 Å². The van der Waals surface area contributed by atoms with Gasteiger partial charge in [0, 0.05) is 22.2 Å². The minimum absolute atomic E-state index is 0.0142. The van der Waals surface area contributed by atoms with E-state index in [4.69, 9.17) is 9.47 Å². The zero-order chi connectivity index (χ0) is 12.8. The molecule has 18 heavy (non-hydrogen) atoms. The molecule has 1 aliphatic heterocycles. The van der Waals surface area contributed by atoms with Crippen molar-refractivity contribution in [2.75, 3.05) is 19.8 Å². The fourth-order valence-corrected chi connectivity index (χ4v) is 3.31. The number of aryl methyl sites for hydroxylation is 1. The molecule has 2 rings (SSSR count). The van der Waals surface area contributed by atoms with E-state index in [1.54, 1.807) is 0 Å². The maximum Gasteiger partial charge on any atom is 0.159 e. The van der Waals surface area contributed by atoms with Crippen LogP contribution in [0.5, 0.6) is 0 Å². The molecule has 102 valence electrons. The quantitative estimate of drug-likeness (QED) is 0.825. The summed E-state index contributed by atoms with van der Waals surface area (Å²) < 4.78 is 11.1. The Labute approximate surface area is 113 Å². The molecule has 1 atom stereocenters. The Morgan fingerprint density at radius 2 is 2.00 bits per heavy atom. The highest BCUT2D eigenvalue weighted by molar-refractivity contribution is 7.11. The van der Waals surface area contributed by atoms with E-state index in [2.05, 4.69) is 31.3 Å². The molecule has 1 aromatic heterocycles. The van der Waals surface area contributed by atoms with Gasteiger partial charge in [-0.2, -0.15) is 0 Å². The van der Waals surface area contributed by atoms with Gasteiger partial charge in [0.15, 0.2) is 6.29 Å². The summed E-state index contributed by atoms with van der Waals surface area (Å²) in [5.41, 5.74) is 0. The van der Waals surface area contributed by atoms with Crippen molar-refractivity contribution in [2.45, 2.75) is 45.4 Å². The molecule has 0 spiro atoms. The molecule has 1 aliphatic rings. The van der Waals surface area contributed by atoms with Gasteiger partial charge in [-0.3, -0.25) is 0 Å². The van der Waals surface area contributed by atoms with Crippen LogP contribution in [0.2, 0.25) is 0 Å². The van der Waals surface area contributed by atoms with Gasteiger partial charge < -0.3 is 14.8 Å². The zero-order valence-corrected chi connectivity index (χ0v) is 12.1. The highest BCUT2D eigenvalue weighted by Gasteiger charge is 2.21. The normalized spacial score (nSPS) is 18.3. The van der Waals surface area contributed by atoms with Crippen molar-refractivity contribution in [3.63, 3.8) is 0 Å². The van der Waals surface area contributed by atoms with Gasteiger partial charge in [0.05, 0.1) is 13.2 Å². The average Bonchev–Trinajstić information content (AvgIpc) is 3.00. The molecular weight excluding hydrogens is 246 g/mol. The number of thiophene rings is 1. The second-order valence-electron chi connectivity index (χ2n) is 4.59. The van der Waals surface area contributed by atoms with Gasteiger partial charge in [-0.25, -0.2) is 0 Å². The lowest BCUT2D eigenvalue weighted by atomic mass is 10.1. The summed E-state index contributed by atoms with van der Waals surface area (Å²) in [6.45, 7) is 6.82. The molecule has 0 aliphatic carbocycles. The Bertz CT molecular complexity index is 347. The van der Waals surface area contributed by atoms with Gasteiger partial charge in [0.1, 0.15) is 0 Å². The molecule has 4 heteroatoms. The van der Waals surface area contributed by atoms with Crippen molar-refractivity contribution in [3.05, 3.63) is 21.9 Å². The minimum atomic E-state index is -0.0142. The first-order chi connectivity index (χ1) is 8.81. The molecule has 0 radical (unpaired) electrons. The number of hydrogen-bond donors (Lipinski definition) is 1. The molecule has 0 saturated carbocycles. The SMILES string of the molecule is CCNC(Cc1ccc(CC)s1)CC1OCCO1. The fraction of sp³-hybridized carbons (Fsp3) is 0.714. The summed E-state index contributed by atoms with van der Waals surface area (Å²) in [5, 5.41) is 3.53. The second-order valence-corrected chi connectivity index (χ2v) is 5.84. The fourth-order valence-electron chi connectivity index (χ4n) is 2.27. The Hall–Kier alpha value is -0.420. The van der Waals surface area contributed by atoms with Crippen molar-refractivity contribution in [3.8, 4) is 0 Å². The van der Waals surface area contributed by atoms with Crippen LogP contribution in [0.3, 0.4) is 0 Å². The molecule has 1 unspecified atom stereocenters. The second kappa shape index (κ2) is 7.24. The van der Waals surface area contributed by atoms with Crippen LogP contribution in [0, 0.1) is 0 Å². The first-order valence-corrected chi connectivity index (χ1v) is 7.67. The van der Waals surface area contributed by atoms with Crippen LogP contribution < -0.4 is 5.32 Å². The third-order valence-corrected chi connectivity index (χ3v) is 4.43. The van der Waals surface area contributed by atoms with Crippen molar-refractivity contribution in [1.82, 2.24) is 5.32 Å². The van der Waals surface area contributed by atoms with E-state index >= 15 is 0 Å². The van der Waals surface area contributed by atoms with Crippen LogP contribution in [-0.2, 0) is 22.3 Å². The molecule has 3 nitrogen and oxygen atoms in total. The lowest BCUT2D eigenvalue weighted by Crippen LogP contribution is -2.34. The van der Waals surface area contributed by atoms with E-state index in [1.807, 2.05) is 11.3 Å². The Morgan fingerprint density at radius 3 is 2.61 bits per heavy atom. The van der Waals surface area contributed by atoms with Crippen molar-refractivity contribution >= 4 is 11.3 Å². The molecule has 1 aromatic rings. The highest BCUT2D eigenvalue weighted by atomic mass is 32.1. The van der Waals surface area contributed by atoms with Gasteiger partial charge >= 0.3 is 0 Å². The summed E-state index contributed by atoms with van der Waals surface area (Å²) >= 11 is 1.92. The summed E-state index contributed by atoms with van der Waals surface area (Å²) in [6, 6.07) is 4.94. The molecule has 1 saturated heterocycles. The standard InChI is InChI=1S/C14H23NO2S/c1-3-12-5-6-13(18-12)9-11(15-4-2)10-14-16-7-8-17-14/h5-6,11,14-15H,3-4,7-10H2,1-2H3. The molecule has 2 heterocycles. The zero-order valence-electron chi connectivity index (χ0n) is 11.3. The van der Waals surface area contributed by atoms with E-state index in [-0.39, 0.29) is 6.29 Å². The lowest BCUT2D eigenvalue weighted by molar-refractivity contribution is -0.0525. The van der Waals surface area contributed by atoms with Gasteiger partial charge in [0.2, 0.25) is 0 Å². The number of ether oxygens (including phenoxy) is 2. The summed E-state index contributed by atoms with van der Waals surface area (Å²) in [7, 11) is 0. The topological polar surface area (TPSA) is 30.5 Å². The Balaban J connectivity index is 1.87. The van der Waals surface area contributed by atoms with E-state index in [1.165, 1.54) is 9.75 Å². The molecule has 1 fully saturated rings. The molecular formula is C14H23NO2S. The minimum Gasteiger partial charge on any atom is -0.350 e. The van der Waals surface area contributed by atoms with Crippen LogP contribution in [0.4, 0.5) is 0 Å². The smallest absolute Gasteiger partial charge is 0.159 e. The van der Waals surface area contributed by atoms with Crippen molar-refractivity contribution < 1.29 is 9.47 Å². The predicted molar refractivity (Wildman–Crippen MR) is 75.2 cm³/mol. The monoisotopic (exact) mass is 269 g/mol. The number of rotatable bonds is 7. The van der Waals surface area contributed by atoms with Crippen LogP contribution in [-0.4, -0.2) is 32.1 Å². The average molecular weight is 269 g/mol. The maximum absolute atomic E-state index is 5.54. The van der Waals surface area contributed by atoms with Crippen LogP contribution in [0.15, 0.2) is 12.1 Å². The van der Waals surface area contributed by atoms with Crippen molar-refractivity contribution in [1.29, 1.82) is 0 Å². The molecule has 0 aromatic carbocycles. The third-order valence-electron chi connectivity index (χ3n) is 3.17. The highest BCUT2D eigenvalue weighted by Crippen LogP contribution is 2.21. The van der Waals surface area contributed by atoms with Gasteiger partial charge in [-0.15, -0.1) is 11.3 Å². The Kier molecular flexibility index (Phi) is 5.63. The molecule has 0 bridgehead atoms. The van der Waals surface area contributed by atoms with Gasteiger partial charge in [0.25, 0.3) is 0 Å². The Morgan fingerprint density at radius 1 is 1.28 bits per heavy atom. The molecule has 1 N–H and O–H groups in total. The summed E-state index contributed by atoms with van der Waals surface area (Å²) in [4.78, 5) is 2.92. The maximum atomic E-state index is 5.54. The van der Waals surface area contributed by atoms with Gasteiger partial charge in [-0.05, 0) is 31.5 Å². The van der Waals surface area contributed by atoms with Crippen LogP contribution in [0.1, 0.15) is 30.0 Å². The van der Waals surface area contributed by atoms with Gasteiger partial charge in [-0.1, -0.05) is 13.8 Å². The van der Waals surface area contributed by atoms with Crippen molar-refractivity contribution in [2.24, 2.45) is 0 Å². The summed E-state index contributed by atoms with van der Waals surface area (Å²) in [6.07, 6.45) is 3.12. The number of likely N-dealkylation sites (N-methyl/N-ethyl adjacent to an activating group) is 1. The van der Waals surface area contributed by atoms with E-state index < -0.39 is 0 Å². The van der Waals surface area contributed by atoms with Crippen LogP contribution >= 0.6 is 11.3 Å². The first kappa shape index (κ1) is 14.0. The first-order valence-electron chi connectivity index (χ1n) is 6.86.